The minimum atomic E-state index is -0.561. The minimum Gasteiger partial charge on any atom is -0.493 e. The summed E-state index contributed by atoms with van der Waals surface area (Å²) in [5, 5.41) is 14.8. The molecule has 2 fully saturated rings. The van der Waals surface area contributed by atoms with Crippen molar-refractivity contribution in [3.05, 3.63) is 27.8 Å². The fraction of sp³-hybridized carbons (Fsp3) is 0.588. The number of fused-ring (bicyclic) bond motifs is 1. The van der Waals surface area contributed by atoms with Gasteiger partial charge in [0.25, 0.3) is 11.6 Å². The quantitative estimate of drug-likeness (QED) is 0.417. The molecule has 10 heteroatoms. The average Bonchev–Trinajstić information content (AvgIpc) is 3.22. The number of rotatable bonds is 7. The van der Waals surface area contributed by atoms with Gasteiger partial charge in [-0.2, -0.15) is 0 Å². The van der Waals surface area contributed by atoms with Gasteiger partial charge < -0.3 is 24.4 Å². The van der Waals surface area contributed by atoms with Crippen molar-refractivity contribution >= 4 is 24.0 Å². The van der Waals surface area contributed by atoms with E-state index in [1.165, 1.54) is 26.4 Å². The summed E-state index contributed by atoms with van der Waals surface area (Å²) in [4.78, 5) is 25.6. The first kappa shape index (κ1) is 21.2. The fourth-order valence-corrected chi connectivity index (χ4v) is 3.57. The Balaban J connectivity index is 0.00000261. The maximum Gasteiger partial charge on any atom is 0.286 e. The van der Waals surface area contributed by atoms with E-state index in [4.69, 9.17) is 14.2 Å². The van der Waals surface area contributed by atoms with E-state index in [1.54, 1.807) is 4.90 Å². The number of ether oxygens (including phenoxy) is 3. The summed E-state index contributed by atoms with van der Waals surface area (Å²) in [6.45, 7) is 3.55. The van der Waals surface area contributed by atoms with Crippen LogP contribution in [0.2, 0.25) is 0 Å². The SMILES string of the molecule is COCCOc1cc([N+](=O)[O-])c(C(=O)N2C[C@H]3CNC[C@H]3C2)cc1OC.Cl. The minimum absolute atomic E-state index is 0. The number of amides is 1. The van der Waals surface area contributed by atoms with Gasteiger partial charge in [0.05, 0.1) is 24.7 Å². The molecular formula is C17H24ClN3O6. The number of carbonyl (C=O) groups is 1. The van der Waals surface area contributed by atoms with Gasteiger partial charge in [-0.25, -0.2) is 0 Å². The lowest BCUT2D eigenvalue weighted by Gasteiger charge is -2.19. The van der Waals surface area contributed by atoms with Crippen molar-refractivity contribution in [2.24, 2.45) is 11.8 Å². The zero-order chi connectivity index (χ0) is 18.7. The molecule has 0 radical (unpaired) electrons. The Morgan fingerprint density at radius 1 is 1.22 bits per heavy atom. The first-order valence-corrected chi connectivity index (χ1v) is 8.53. The third-order valence-electron chi connectivity index (χ3n) is 4.93. The van der Waals surface area contributed by atoms with Crippen LogP contribution in [0.4, 0.5) is 5.69 Å². The number of nitro groups is 1. The number of halogens is 1. The zero-order valence-corrected chi connectivity index (χ0v) is 16.1. The van der Waals surface area contributed by atoms with Crippen LogP contribution in [0, 0.1) is 22.0 Å². The molecule has 0 spiro atoms. The van der Waals surface area contributed by atoms with Gasteiger partial charge in [-0.1, -0.05) is 0 Å². The van der Waals surface area contributed by atoms with Crippen molar-refractivity contribution < 1.29 is 23.9 Å². The largest absolute Gasteiger partial charge is 0.493 e. The van der Waals surface area contributed by atoms with Gasteiger partial charge in [-0.05, 0) is 11.8 Å². The highest BCUT2D eigenvalue weighted by atomic mass is 35.5. The molecule has 2 aliphatic rings. The van der Waals surface area contributed by atoms with Crippen LogP contribution in [0.25, 0.3) is 0 Å². The molecule has 27 heavy (non-hydrogen) atoms. The molecule has 1 aromatic carbocycles. The molecule has 2 aliphatic heterocycles. The Labute approximate surface area is 163 Å². The predicted molar refractivity (Wildman–Crippen MR) is 100 cm³/mol. The van der Waals surface area contributed by atoms with Gasteiger partial charge in [0, 0.05) is 39.4 Å². The molecule has 2 atom stereocenters. The highest BCUT2D eigenvalue weighted by molar-refractivity contribution is 5.99. The van der Waals surface area contributed by atoms with Crippen LogP contribution in [-0.4, -0.2) is 69.3 Å². The lowest BCUT2D eigenvalue weighted by molar-refractivity contribution is -0.385. The van der Waals surface area contributed by atoms with Crippen LogP contribution in [0.3, 0.4) is 0 Å². The third kappa shape index (κ3) is 4.42. The van der Waals surface area contributed by atoms with E-state index >= 15 is 0 Å². The molecule has 2 saturated heterocycles. The molecular weight excluding hydrogens is 378 g/mol. The smallest absolute Gasteiger partial charge is 0.286 e. The van der Waals surface area contributed by atoms with E-state index < -0.39 is 4.92 Å². The van der Waals surface area contributed by atoms with E-state index in [-0.39, 0.29) is 47.7 Å². The van der Waals surface area contributed by atoms with Crippen LogP contribution in [-0.2, 0) is 4.74 Å². The highest BCUT2D eigenvalue weighted by Crippen LogP contribution is 2.36. The van der Waals surface area contributed by atoms with Crippen LogP contribution in [0.15, 0.2) is 12.1 Å². The molecule has 1 N–H and O–H groups in total. The zero-order valence-electron chi connectivity index (χ0n) is 15.3. The van der Waals surface area contributed by atoms with E-state index in [2.05, 4.69) is 5.32 Å². The molecule has 1 amide bonds. The standard InChI is InChI=1S/C17H23N3O6.ClH/c1-24-3-4-26-16-6-14(20(22)23)13(5-15(16)25-2)17(21)19-9-11-7-18-8-12(11)10-19;/h5-6,11-12,18H,3-4,7-10H2,1-2H3;1H/t11-,12+;. The van der Waals surface area contributed by atoms with Crippen LogP contribution in [0.5, 0.6) is 11.5 Å². The molecule has 2 heterocycles. The maximum atomic E-state index is 12.9. The summed E-state index contributed by atoms with van der Waals surface area (Å²) < 4.78 is 15.7. The monoisotopic (exact) mass is 401 g/mol. The number of hydrogen-bond acceptors (Lipinski definition) is 7. The molecule has 0 saturated carbocycles. The Bertz CT molecular complexity index is 689. The summed E-state index contributed by atoms with van der Waals surface area (Å²) in [6.07, 6.45) is 0. The summed E-state index contributed by atoms with van der Waals surface area (Å²) >= 11 is 0. The molecule has 3 rings (SSSR count). The van der Waals surface area contributed by atoms with Gasteiger partial charge >= 0.3 is 0 Å². The second-order valence-corrected chi connectivity index (χ2v) is 6.51. The van der Waals surface area contributed by atoms with Crippen molar-refractivity contribution in [1.29, 1.82) is 0 Å². The normalized spacial score (nSPS) is 20.7. The molecule has 1 aromatic rings. The second kappa shape index (κ2) is 9.20. The third-order valence-corrected chi connectivity index (χ3v) is 4.93. The number of nitrogens with zero attached hydrogens (tertiary/aromatic N) is 2. The summed E-state index contributed by atoms with van der Waals surface area (Å²) in [5.41, 5.74) is -0.253. The van der Waals surface area contributed by atoms with E-state index in [9.17, 15) is 14.9 Å². The molecule has 0 unspecified atom stereocenters. The summed E-state index contributed by atoms with van der Waals surface area (Å²) in [5.74, 6) is 0.993. The van der Waals surface area contributed by atoms with E-state index in [1.807, 2.05) is 0 Å². The van der Waals surface area contributed by atoms with E-state index in [0.29, 0.717) is 31.5 Å². The Hall–Kier alpha value is -2.10. The maximum absolute atomic E-state index is 12.9. The number of carbonyl (C=O) groups excluding carboxylic acids is 1. The first-order valence-electron chi connectivity index (χ1n) is 8.53. The molecule has 0 aromatic heterocycles. The Morgan fingerprint density at radius 3 is 2.44 bits per heavy atom. The van der Waals surface area contributed by atoms with Gasteiger partial charge in [-0.15, -0.1) is 12.4 Å². The molecule has 0 bridgehead atoms. The number of benzene rings is 1. The predicted octanol–water partition coefficient (Wildman–Crippen LogP) is 1.34. The Morgan fingerprint density at radius 2 is 1.89 bits per heavy atom. The van der Waals surface area contributed by atoms with Gasteiger partial charge in [0.2, 0.25) is 0 Å². The first-order chi connectivity index (χ1) is 12.5. The summed E-state index contributed by atoms with van der Waals surface area (Å²) in [6, 6.07) is 2.65. The van der Waals surface area contributed by atoms with Crippen molar-refractivity contribution in [3.8, 4) is 11.5 Å². The van der Waals surface area contributed by atoms with Crippen LogP contribution in [0.1, 0.15) is 10.4 Å². The van der Waals surface area contributed by atoms with E-state index in [0.717, 1.165) is 13.1 Å². The van der Waals surface area contributed by atoms with Crippen molar-refractivity contribution in [2.75, 3.05) is 53.6 Å². The topological polar surface area (TPSA) is 103 Å². The van der Waals surface area contributed by atoms with Crippen molar-refractivity contribution in [3.63, 3.8) is 0 Å². The average molecular weight is 402 g/mol. The lowest BCUT2D eigenvalue weighted by Crippen LogP contribution is -2.32. The van der Waals surface area contributed by atoms with Crippen LogP contribution >= 0.6 is 12.4 Å². The van der Waals surface area contributed by atoms with Crippen molar-refractivity contribution in [1.82, 2.24) is 10.2 Å². The number of likely N-dealkylation sites (tertiary alicyclic amines) is 1. The Kier molecular flexibility index (Phi) is 7.23. The number of hydrogen-bond donors (Lipinski definition) is 1. The van der Waals surface area contributed by atoms with Crippen molar-refractivity contribution in [2.45, 2.75) is 0 Å². The molecule has 0 aliphatic carbocycles. The molecule has 9 nitrogen and oxygen atoms in total. The van der Waals surface area contributed by atoms with Gasteiger partial charge in [0.1, 0.15) is 12.2 Å². The fourth-order valence-electron chi connectivity index (χ4n) is 3.57. The molecule has 150 valence electrons. The highest BCUT2D eigenvalue weighted by Gasteiger charge is 2.40. The number of nitrogens with one attached hydrogen (secondary N) is 1. The number of nitro benzene ring substituents is 1. The van der Waals surface area contributed by atoms with Crippen LogP contribution < -0.4 is 14.8 Å². The van der Waals surface area contributed by atoms with Gasteiger partial charge in [-0.3, -0.25) is 14.9 Å². The number of methoxy groups -OCH3 is 2. The second-order valence-electron chi connectivity index (χ2n) is 6.51. The summed E-state index contributed by atoms with van der Waals surface area (Å²) in [7, 11) is 2.97. The lowest BCUT2D eigenvalue weighted by atomic mass is 10.0. The van der Waals surface area contributed by atoms with Gasteiger partial charge in [0.15, 0.2) is 11.5 Å².